The summed E-state index contributed by atoms with van der Waals surface area (Å²) < 4.78 is 6.35. The van der Waals surface area contributed by atoms with E-state index in [1.165, 1.54) is 11.3 Å². The molecule has 34 heavy (non-hydrogen) atoms. The van der Waals surface area contributed by atoms with Crippen LogP contribution in [-0.2, 0) is 14.3 Å². The van der Waals surface area contributed by atoms with E-state index in [0.717, 1.165) is 28.3 Å². The van der Waals surface area contributed by atoms with E-state index in [1.807, 2.05) is 19.1 Å². The van der Waals surface area contributed by atoms with Crippen LogP contribution >= 0.6 is 11.3 Å². The molecule has 2 aromatic heterocycles. The molecule has 9 nitrogen and oxygen atoms in total. The van der Waals surface area contributed by atoms with Crippen LogP contribution < -0.4 is 16.0 Å². The number of aromatic amines is 1. The molecular weight excluding hydrogens is 452 g/mol. The van der Waals surface area contributed by atoms with Gasteiger partial charge in [0.1, 0.15) is 5.00 Å². The van der Waals surface area contributed by atoms with Crippen LogP contribution in [0.15, 0.2) is 30.3 Å². The molecular formula is C24H30N6O3S. The second-order valence-electron chi connectivity index (χ2n) is 8.35. The number of amides is 2. The Balaban J connectivity index is 1.49. The number of nitrogens with two attached hydrogens (primary N) is 1. The van der Waals surface area contributed by atoms with Gasteiger partial charge in [0.05, 0.1) is 40.9 Å². The number of nitrogens with zero attached hydrogens (tertiary/aromatic N) is 2. The van der Waals surface area contributed by atoms with Gasteiger partial charge in [-0.3, -0.25) is 19.9 Å². The van der Waals surface area contributed by atoms with Crippen LogP contribution in [0.4, 0.5) is 16.4 Å². The molecule has 0 bridgehead atoms. The highest BCUT2D eigenvalue weighted by Gasteiger charge is 2.27. The van der Waals surface area contributed by atoms with Crippen LogP contribution in [0.5, 0.6) is 0 Å². The van der Waals surface area contributed by atoms with E-state index in [0.29, 0.717) is 42.3 Å². The van der Waals surface area contributed by atoms with Crippen molar-refractivity contribution >= 4 is 55.5 Å². The van der Waals surface area contributed by atoms with Crippen molar-refractivity contribution < 1.29 is 14.3 Å². The first-order chi connectivity index (χ1) is 16.3. The first kappa shape index (κ1) is 23.9. The Morgan fingerprint density at radius 1 is 1.29 bits per heavy atom. The van der Waals surface area contributed by atoms with E-state index in [-0.39, 0.29) is 23.6 Å². The van der Waals surface area contributed by atoms with Crippen molar-refractivity contribution in [3.63, 3.8) is 0 Å². The Hall–Kier alpha value is -3.21. The van der Waals surface area contributed by atoms with Gasteiger partial charge in [-0.15, -0.1) is 11.3 Å². The number of nitrogen functional groups attached to an aromatic ring is 1. The van der Waals surface area contributed by atoms with Crippen LogP contribution in [0, 0.1) is 5.41 Å². The highest BCUT2D eigenvalue weighted by Crippen LogP contribution is 2.34. The molecule has 1 saturated heterocycles. The molecule has 1 atom stereocenters. The zero-order chi connectivity index (χ0) is 24.4. The van der Waals surface area contributed by atoms with Gasteiger partial charge in [-0.1, -0.05) is 6.92 Å². The first-order valence-corrected chi connectivity index (χ1v) is 12.1. The van der Waals surface area contributed by atoms with Crippen LogP contribution in [0.1, 0.15) is 31.5 Å². The Morgan fingerprint density at radius 2 is 2.03 bits per heavy atom. The maximum absolute atomic E-state index is 13.0. The molecule has 5 N–H and O–H groups in total. The number of morpholine rings is 1. The standard InChI is InChI=1S/C24H30N6O3S/c1-4-21(31)27-15-5-6-16(17(25)11-15)23(26)19-12-20-18(28-19)13-22(34-20)29(3)24(32)14(2)30-7-9-33-10-8-30/h5-6,11-14,26,28H,4,7-10,25H2,1-3H3,(H,27,31). The number of nitrogens with one attached hydrogen (secondary N) is 3. The smallest absolute Gasteiger partial charge is 0.244 e. The number of likely N-dealkylation sites (N-methyl/N-ethyl adjacent to an activating group) is 1. The molecule has 0 spiro atoms. The Kier molecular flexibility index (Phi) is 7.01. The second-order valence-corrected chi connectivity index (χ2v) is 9.41. The lowest BCUT2D eigenvalue weighted by Crippen LogP contribution is -2.50. The monoisotopic (exact) mass is 482 g/mol. The lowest BCUT2D eigenvalue weighted by Gasteiger charge is -2.33. The normalized spacial score (nSPS) is 15.3. The molecule has 1 aliphatic heterocycles. The number of ether oxygens (including phenoxy) is 1. The van der Waals surface area contributed by atoms with Gasteiger partial charge in [0.2, 0.25) is 11.8 Å². The fourth-order valence-electron chi connectivity index (χ4n) is 3.98. The molecule has 3 aromatic rings. The average Bonchev–Trinajstić information content (AvgIpc) is 3.42. The molecule has 1 aromatic carbocycles. The summed E-state index contributed by atoms with van der Waals surface area (Å²) in [7, 11) is 1.80. The highest BCUT2D eigenvalue weighted by molar-refractivity contribution is 7.23. The quantitative estimate of drug-likeness (QED) is 0.304. The van der Waals surface area contributed by atoms with Crippen molar-refractivity contribution in [2.75, 3.05) is 49.3 Å². The fourth-order valence-corrected chi connectivity index (χ4v) is 5.01. The van der Waals surface area contributed by atoms with Crippen LogP contribution in [0.25, 0.3) is 10.2 Å². The molecule has 4 rings (SSSR count). The topological polar surface area (TPSA) is 128 Å². The molecule has 10 heteroatoms. The van der Waals surface area contributed by atoms with Gasteiger partial charge in [0, 0.05) is 43.5 Å². The molecule has 0 aliphatic carbocycles. The zero-order valence-corrected chi connectivity index (χ0v) is 20.4. The number of carbonyl (C=O) groups is 2. The summed E-state index contributed by atoms with van der Waals surface area (Å²) in [5, 5.41) is 12.3. The number of hydrogen-bond acceptors (Lipinski definition) is 7. The largest absolute Gasteiger partial charge is 0.398 e. The number of benzene rings is 1. The number of fused-ring (bicyclic) bond motifs is 1. The summed E-state index contributed by atoms with van der Waals surface area (Å²) in [5.74, 6) is -0.0489. The predicted octanol–water partition coefficient (Wildman–Crippen LogP) is 3.26. The summed E-state index contributed by atoms with van der Waals surface area (Å²) in [4.78, 5) is 31.7. The number of anilines is 3. The molecule has 180 valence electrons. The Bertz CT molecular complexity index is 1200. The van der Waals surface area contributed by atoms with Crippen LogP contribution in [-0.4, -0.2) is 66.8 Å². The molecule has 3 heterocycles. The minimum absolute atomic E-state index is 0.0433. The molecule has 1 aliphatic rings. The first-order valence-electron chi connectivity index (χ1n) is 11.3. The van der Waals surface area contributed by atoms with Crippen molar-refractivity contribution in [3.05, 3.63) is 41.6 Å². The SMILES string of the molecule is CCC(=O)Nc1ccc(C(=N)c2cc3sc(N(C)C(=O)C(C)N4CCOCC4)cc3[nH]2)c(N)c1. The minimum Gasteiger partial charge on any atom is -0.398 e. The number of rotatable bonds is 7. The third-order valence-electron chi connectivity index (χ3n) is 6.10. The van der Waals surface area contributed by atoms with E-state index in [4.69, 9.17) is 15.9 Å². The number of H-pyrrole nitrogens is 1. The van der Waals surface area contributed by atoms with E-state index in [9.17, 15) is 9.59 Å². The van der Waals surface area contributed by atoms with Crippen molar-refractivity contribution in [1.82, 2.24) is 9.88 Å². The van der Waals surface area contributed by atoms with Gasteiger partial charge in [0.15, 0.2) is 0 Å². The van der Waals surface area contributed by atoms with Crippen molar-refractivity contribution in [3.8, 4) is 0 Å². The lowest BCUT2D eigenvalue weighted by molar-refractivity contribution is -0.124. The van der Waals surface area contributed by atoms with Crippen LogP contribution in [0.3, 0.4) is 0 Å². The van der Waals surface area contributed by atoms with Gasteiger partial charge in [0.25, 0.3) is 0 Å². The number of hydrogen-bond donors (Lipinski definition) is 4. The Morgan fingerprint density at radius 3 is 2.68 bits per heavy atom. The van der Waals surface area contributed by atoms with Gasteiger partial charge >= 0.3 is 0 Å². The fraction of sp³-hybridized carbons (Fsp3) is 0.375. The van der Waals surface area contributed by atoms with Gasteiger partial charge < -0.3 is 25.7 Å². The maximum Gasteiger partial charge on any atom is 0.244 e. The molecule has 0 saturated carbocycles. The third-order valence-corrected chi connectivity index (χ3v) is 7.26. The third kappa shape index (κ3) is 4.84. The maximum atomic E-state index is 13.0. The number of carbonyl (C=O) groups excluding carboxylic acids is 2. The number of aromatic nitrogens is 1. The lowest BCUT2D eigenvalue weighted by atomic mass is 10.0. The molecule has 1 fully saturated rings. The zero-order valence-electron chi connectivity index (χ0n) is 19.6. The summed E-state index contributed by atoms with van der Waals surface area (Å²) in [6.07, 6.45) is 0.381. The summed E-state index contributed by atoms with van der Waals surface area (Å²) in [6.45, 7) is 6.53. The highest BCUT2D eigenvalue weighted by atomic mass is 32.1. The van der Waals surface area contributed by atoms with E-state index < -0.39 is 0 Å². The van der Waals surface area contributed by atoms with Gasteiger partial charge in [-0.2, -0.15) is 0 Å². The van der Waals surface area contributed by atoms with E-state index in [2.05, 4.69) is 15.2 Å². The average molecular weight is 483 g/mol. The van der Waals surface area contributed by atoms with Crippen molar-refractivity contribution in [1.29, 1.82) is 5.41 Å². The molecule has 1 unspecified atom stereocenters. The summed E-state index contributed by atoms with van der Waals surface area (Å²) >= 11 is 1.50. The predicted molar refractivity (Wildman–Crippen MR) is 137 cm³/mol. The van der Waals surface area contributed by atoms with Crippen molar-refractivity contribution in [2.45, 2.75) is 26.3 Å². The van der Waals surface area contributed by atoms with E-state index >= 15 is 0 Å². The van der Waals surface area contributed by atoms with Gasteiger partial charge in [-0.25, -0.2) is 0 Å². The Labute approximate surface area is 202 Å². The van der Waals surface area contributed by atoms with Crippen LogP contribution in [0.2, 0.25) is 0 Å². The summed E-state index contributed by atoms with van der Waals surface area (Å²) in [6, 6.07) is 8.77. The van der Waals surface area contributed by atoms with E-state index in [1.54, 1.807) is 37.1 Å². The van der Waals surface area contributed by atoms with Gasteiger partial charge in [-0.05, 0) is 37.3 Å². The minimum atomic E-state index is -0.217. The molecule has 2 amide bonds. The molecule has 0 radical (unpaired) electrons. The second kappa shape index (κ2) is 9.96. The van der Waals surface area contributed by atoms with Crippen molar-refractivity contribution in [2.24, 2.45) is 0 Å². The number of thiophene rings is 1. The summed E-state index contributed by atoms with van der Waals surface area (Å²) in [5.41, 5.74) is 9.55.